The van der Waals surface area contributed by atoms with Gasteiger partial charge in [-0.05, 0) is 76.1 Å². The van der Waals surface area contributed by atoms with E-state index in [1.807, 2.05) is 118 Å². The first-order valence-corrected chi connectivity index (χ1v) is 17.5. The zero-order valence-corrected chi connectivity index (χ0v) is 24.5. The molecule has 4 heterocycles. The van der Waals surface area contributed by atoms with E-state index < -0.39 is 0 Å². The fraction of sp³-hybridized carbons (Fsp3) is 0.368. The van der Waals surface area contributed by atoms with Gasteiger partial charge >= 0.3 is 0 Å². The highest BCUT2D eigenvalue weighted by molar-refractivity contribution is 8.39. The number of hydrogen-bond donors (Lipinski definition) is 0. The predicted molar refractivity (Wildman–Crippen MR) is 157 cm³/mol. The van der Waals surface area contributed by atoms with Crippen molar-refractivity contribution >= 4 is 118 Å². The van der Waals surface area contributed by atoms with E-state index in [9.17, 15) is 0 Å². The molecule has 0 N–H and O–H groups in total. The number of hydrogen-bond acceptors (Lipinski definition) is 10. The number of rotatable bonds is 6. The molecule has 0 atom stereocenters. The van der Waals surface area contributed by atoms with Gasteiger partial charge in [-0.1, -0.05) is 94.1 Å². The molecule has 0 spiro atoms. The normalized spacial score (nSPS) is 22.6. The molecule has 4 aliphatic heterocycles. The fourth-order valence-corrected chi connectivity index (χ4v) is 15.5. The van der Waals surface area contributed by atoms with Crippen LogP contribution in [-0.2, 0) is 0 Å². The summed E-state index contributed by atoms with van der Waals surface area (Å²) in [5, 5.41) is 4.68. The predicted octanol–water partition coefficient (Wildman–Crippen LogP) is 11.1. The van der Waals surface area contributed by atoms with Crippen LogP contribution in [0.3, 0.4) is 0 Å². The van der Waals surface area contributed by atoms with Crippen molar-refractivity contribution in [3.05, 3.63) is 55.9 Å². The van der Waals surface area contributed by atoms with Gasteiger partial charge in [0.1, 0.15) is 0 Å². The highest BCUT2D eigenvalue weighted by Gasteiger charge is 2.24. The largest absolute Gasteiger partial charge is 0.118 e. The molecule has 0 aliphatic carbocycles. The van der Waals surface area contributed by atoms with Gasteiger partial charge in [0.2, 0.25) is 0 Å². The summed E-state index contributed by atoms with van der Waals surface area (Å²) < 4.78 is 8.84. The van der Waals surface area contributed by atoms with E-state index in [-0.39, 0.29) is 0 Å². The van der Waals surface area contributed by atoms with Crippen LogP contribution >= 0.6 is 118 Å². The first-order chi connectivity index (χ1) is 14.0. The lowest BCUT2D eigenvalue weighted by molar-refractivity contribution is 1.13. The molecule has 0 saturated heterocycles. The van der Waals surface area contributed by atoms with Crippen molar-refractivity contribution in [2.75, 3.05) is 11.5 Å². The smallest absolute Gasteiger partial charge is 0.0705 e. The Morgan fingerprint density at radius 1 is 0.552 bits per heavy atom. The Kier molecular flexibility index (Phi) is 9.45. The summed E-state index contributed by atoms with van der Waals surface area (Å²) in [6.07, 6.45) is 1.25. The summed E-state index contributed by atoms with van der Waals surface area (Å²) in [6, 6.07) is 0. The Hall–Kier alpha value is 1.94. The average Bonchev–Trinajstić information content (AvgIpc) is 3.46. The van der Waals surface area contributed by atoms with Crippen molar-refractivity contribution in [3.8, 4) is 0 Å². The molecule has 29 heavy (non-hydrogen) atoms. The number of allylic oxidation sites excluding steroid dienone is 4. The summed E-state index contributed by atoms with van der Waals surface area (Å²) in [7, 11) is 0. The van der Waals surface area contributed by atoms with Crippen molar-refractivity contribution in [2.24, 2.45) is 0 Å². The molecular formula is C19H20S10. The standard InChI is InChI=1S/C19H20S10/c1-10-11(2)25-18(24-10)16-22-8-14(28-16)20-6-5-7-21-15-9-23-17(29-15)19-26-12(3)13(4)27-19/h8-9H,5-7H2,1-4H3. The Labute approximate surface area is 216 Å². The maximum atomic E-state index is 2.34. The van der Waals surface area contributed by atoms with Gasteiger partial charge < -0.3 is 0 Å². The highest BCUT2D eigenvalue weighted by Crippen LogP contribution is 2.60. The van der Waals surface area contributed by atoms with Crippen LogP contribution in [0.1, 0.15) is 34.1 Å². The molecule has 0 unspecified atom stereocenters. The molecule has 4 aliphatic rings. The molecule has 0 amide bonds. The molecule has 0 aromatic carbocycles. The van der Waals surface area contributed by atoms with E-state index in [0.29, 0.717) is 0 Å². The van der Waals surface area contributed by atoms with E-state index in [4.69, 9.17) is 0 Å². The van der Waals surface area contributed by atoms with E-state index in [1.54, 1.807) is 0 Å². The first-order valence-electron chi connectivity index (χ1n) is 8.89. The van der Waals surface area contributed by atoms with Crippen molar-refractivity contribution in [1.82, 2.24) is 0 Å². The summed E-state index contributed by atoms with van der Waals surface area (Å²) >= 11 is 19.6. The Bertz CT molecular complexity index is 783. The maximum Gasteiger partial charge on any atom is 0.0705 e. The van der Waals surface area contributed by atoms with Gasteiger partial charge in [-0.3, -0.25) is 0 Å². The third kappa shape index (κ3) is 6.51. The number of thioether (sulfide) groups is 10. The summed E-state index contributed by atoms with van der Waals surface area (Å²) in [5.41, 5.74) is 0. The first kappa shape index (κ1) is 24.1. The molecule has 0 bridgehead atoms. The zero-order chi connectivity index (χ0) is 20.4. The molecule has 0 radical (unpaired) electrons. The van der Waals surface area contributed by atoms with Crippen LogP contribution in [0.25, 0.3) is 0 Å². The lowest BCUT2D eigenvalue weighted by Crippen LogP contribution is -1.83. The zero-order valence-electron chi connectivity index (χ0n) is 16.4. The van der Waals surface area contributed by atoms with Crippen molar-refractivity contribution in [2.45, 2.75) is 34.1 Å². The second kappa shape index (κ2) is 11.4. The molecule has 0 nitrogen and oxygen atoms in total. The quantitative estimate of drug-likeness (QED) is 0.282. The lowest BCUT2D eigenvalue weighted by Gasteiger charge is -2.05. The summed E-state index contributed by atoms with van der Waals surface area (Å²) in [4.78, 5) is 5.83. The second-order valence-electron chi connectivity index (χ2n) is 6.15. The minimum atomic E-state index is 1.21. The van der Waals surface area contributed by atoms with E-state index >= 15 is 0 Å². The van der Waals surface area contributed by atoms with Crippen molar-refractivity contribution in [3.63, 3.8) is 0 Å². The van der Waals surface area contributed by atoms with Crippen LogP contribution in [0, 0.1) is 0 Å². The molecule has 0 fully saturated rings. The molecule has 4 rings (SSSR count). The lowest BCUT2D eigenvalue weighted by atomic mass is 10.6. The second-order valence-corrected chi connectivity index (χ2v) is 18.7. The molecule has 10 heteroatoms. The highest BCUT2D eigenvalue weighted by atomic mass is 32.2. The van der Waals surface area contributed by atoms with Crippen LogP contribution in [-0.4, -0.2) is 11.5 Å². The van der Waals surface area contributed by atoms with Gasteiger partial charge in [-0.25, -0.2) is 0 Å². The van der Waals surface area contributed by atoms with Crippen molar-refractivity contribution in [1.29, 1.82) is 0 Å². The van der Waals surface area contributed by atoms with Crippen LogP contribution in [0.2, 0.25) is 0 Å². The van der Waals surface area contributed by atoms with Gasteiger partial charge in [-0.2, -0.15) is 0 Å². The molecule has 0 aromatic rings. The minimum Gasteiger partial charge on any atom is -0.118 e. The summed E-state index contributed by atoms with van der Waals surface area (Å²) in [6.45, 7) is 8.91. The van der Waals surface area contributed by atoms with Crippen LogP contribution in [0.5, 0.6) is 0 Å². The third-order valence-electron chi connectivity index (χ3n) is 4.00. The Balaban J connectivity index is 1.13. The molecule has 0 aromatic heterocycles. The Morgan fingerprint density at radius 3 is 1.31 bits per heavy atom. The molecule has 156 valence electrons. The van der Waals surface area contributed by atoms with Crippen molar-refractivity contribution < 1.29 is 0 Å². The monoisotopic (exact) mass is 568 g/mol. The summed E-state index contributed by atoms with van der Waals surface area (Å²) in [5.74, 6) is 2.41. The van der Waals surface area contributed by atoms with Gasteiger partial charge in [0.25, 0.3) is 0 Å². The topological polar surface area (TPSA) is 0 Å². The maximum absolute atomic E-state index is 2.34. The van der Waals surface area contributed by atoms with Crippen LogP contribution < -0.4 is 0 Å². The van der Waals surface area contributed by atoms with Crippen LogP contribution in [0.15, 0.2) is 55.9 Å². The van der Waals surface area contributed by atoms with E-state index in [2.05, 4.69) is 38.5 Å². The van der Waals surface area contributed by atoms with Crippen LogP contribution in [0.4, 0.5) is 0 Å². The Morgan fingerprint density at radius 2 is 0.931 bits per heavy atom. The van der Waals surface area contributed by atoms with E-state index in [0.717, 1.165) is 0 Å². The molecular weight excluding hydrogens is 549 g/mol. The third-order valence-corrected chi connectivity index (χ3v) is 17.9. The van der Waals surface area contributed by atoms with Gasteiger partial charge in [0.15, 0.2) is 0 Å². The van der Waals surface area contributed by atoms with E-state index in [1.165, 1.54) is 63.0 Å². The minimum absolute atomic E-state index is 1.21. The fourth-order valence-electron chi connectivity index (χ4n) is 2.25. The van der Waals surface area contributed by atoms with Gasteiger partial charge in [0.05, 0.1) is 25.4 Å². The SMILES string of the molecule is CC1=C(C)SC(=C2SC=C(SCCCSC3=CSC(=C4SC(C)=C(C)S4)S3)S2)S1. The molecule has 0 saturated carbocycles. The van der Waals surface area contributed by atoms with Gasteiger partial charge in [-0.15, -0.1) is 23.5 Å². The average molecular weight is 569 g/mol. The van der Waals surface area contributed by atoms with Gasteiger partial charge in [0, 0.05) is 0 Å².